The highest BCUT2D eigenvalue weighted by Gasteiger charge is 2.34. The number of nitrogens with one attached hydrogen (secondary N) is 3. The molecule has 0 aliphatic carbocycles. The molecule has 1 saturated heterocycles. The first-order valence-electron chi connectivity index (χ1n) is 9.37. The number of amides is 2. The molecular formula is C19H21F3N6O. The van der Waals surface area contributed by atoms with E-state index in [4.69, 9.17) is 0 Å². The number of anilines is 2. The van der Waals surface area contributed by atoms with E-state index < -0.39 is 23.8 Å². The summed E-state index contributed by atoms with van der Waals surface area (Å²) in [5.41, 5.74) is 0.559. The summed E-state index contributed by atoms with van der Waals surface area (Å²) in [6.07, 6.45) is -3.04. The maximum atomic E-state index is 13.6. The van der Waals surface area contributed by atoms with Gasteiger partial charge in [-0.1, -0.05) is 0 Å². The molecule has 4 rings (SSSR count). The maximum Gasteiger partial charge on any atom is 0.416 e. The van der Waals surface area contributed by atoms with Crippen molar-refractivity contribution in [1.29, 1.82) is 0 Å². The van der Waals surface area contributed by atoms with Crippen molar-refractivity contribution in [3.8, 4) is 11.3 Å². The van der Waals surface area contributed by atoms with E-state index in [1.165, 1.54) is 6.20 Å². The van der Waals surface area contributed by atoms with Crippen LogP contribution in [0, 0.1) is 0 Å². The molecule has 0 bridgehead atoms. The number of fused-ring (bicyclic) bond motifs is 1. The van der Waals surface area contributed by atoms with E-state index in [-0.39, 0.29) is 17.6 Å². The van der Waals surface area contributed by atoms with Crippen molar-refractivity contribution in [2.75, 3.05) is 29.9 Å². The molecule has 1 fully saturated rings. The van der Waals surface area contributed by atoms with Gasteiger partial charge in [-0.15, -0.1) is 0 Å². The fourth-order valence-corrected chi connectivity index (χ4v) is 3.77. The molecule has 154 valence electrons. The van der Waals surface area contributed by atoms with Crippen LogP contribution >= 0.6 is 0 Å². The third kappa shape index (κ3) is 3.84. The van der Waals surface area contributed by atoms with E-state index in [2.05, 4.69) is 25.9 Å². The topological polar surface area (TPSA) is 82.2 Å². The Hall–Kier alpha value is -2.88. The third-order valence-electron chi connectivity index (χ3n) is 5.11. The van der Waals surface area contributed by atoms with Crippen molar-refractivity contribution in [2.24, 2.45) is 0 Å². The van der Waals surface area contributed by atoms with Crippen molar-refractivity contribution < 1.29 is 18.0 Å². The van der Waals surface area contributed by atoms with Gasteiger partial charge in [0.1, 0.15) is 11.6 Å². The van der Waals surface area contributed by atoms with Crippen LogP contribution in [0.5, 0.6) is 0 Å². The van der Waals surface area contributed by atoms with E-state index >= 15 is 0 Å². The second-order valence-corrected chi connectivity index (χ2v) is 7.34. The van der Waals surface area contributed by atoms with E-state index in [1.807, 2.05) is 11.8 Å². The SMILES string of the molecule is CC1CN(c2cc(C(F)(F)F)cc(-c3ccnc4c3C(C)NC(=O)N4)n2)CCN1. The molecule has 2 atom stereocenters. The fraction of sp³-hybridized carbons (Fsp3) is 0.421. The second-order valence-electron chi connectivity index (χ2n) is 7.34. The molecule has 0 saturated carbocycles. The lowest BCUT2D eigenvalue weighted by atomic mass is 9.97. The number of hydrogen-bond donors (Lipinski definition) is 3. The van der Waals surface area contributed by atoms with Crippen molar-refractivity contribution >= 4 is 17.7 Å². The van der Waals surface area contributed by atoms with E-state index in [0.29, 0.717) is 36.6 Å². The molecule has 0 aromatic carbocycles. The minimum atomic E-state index is -4.50. The molecule has 0 radical (unpaired) electrons. The van der Waals surface area contributed by atoms with Crippen LogP contribution in [-0.4, -0.2) is 41.7 Å². The number of nitrogens with zero attached hydrogens (tertiary/aromatic N) is 3. The summed E-state index contributed by atoms with van der Waals surface area (Å²) in [7, 11) is 0. The number of rotatable bonds is 2. The van der Waals surface area contributed by atoms with Gasteiger partial charge in [0.25, 0.3) is 0 Å². The molecule has 2 unspecified atom stereocenters. The average Bonchev–Trinajstić information content (AvgIpc) is 2.66. The molecule has 0 spiro atoms. The van der Waals surface area contributed by atoms with Gasteiger partial charge in [-0.3, -0.25) is 5.32 Å². The zero-order chi connectivity index (χ0) is 20.8. The highest BCUT2D eigenvalue weighted by molar-refractivity contribution is 5.93. The lowest BCUT2D eigenvalue weighted by molar-refractivity contribution is -0.137. The van der Waals surface area contributed by atoms with Crippen LogP contribution in [0.1, 0.15) is 31.0 Å². The number of piperazine rings is 1. The number of halogens is 3. The minimum absolute atomic E-state index is 0.150. The Labute approximate surface area is 165 Å². The van der Waals surface area contributed by atoms with Crippen LogP contribution in [0.3, 0.4) is 0 Å². The summed E-state index contributed by atoms with van der Waals surface area (Å²) in [6, 6.07) is 3.11. The maximum absolute atomic E-state index is 13.6. The third-order valence-corrected chi connectivity index (χ3v) is 5.11. The van der Waals surface area contributed by atoms with Gasteiger partial charge in [0.2, 0.25) is 0 Å². The first-order chi connectivity index (χ1) is 13.7. The number of urea groups is 1. The molecule has 2 aliphatic heterocycles. The number of aromatic nitrogens is 2. The highest BCUT2D eigenvalue weighted by atomic mass is 19.4. The molecule has 2 aromatic rings. The van der Waals surface area contributed by atoms with Crippen LogP contribution in [-0.2, 0) is 6.18 Å². The fourth-order valence-electron chi connectivity index (χ4n) is 3.77. The van der Waals surface area contributed by atoms with Crippen LogP contribution in [0.4, 0.5) is 29.6 Å². The first kappa shape index (κ1) is 19.4. The molecular weight excluding hydrogens is 385 g/mol. The molecule has 10 heteroatoms. The predicted molar refractivity (Wildman–Crippen MR) is 103 cm³/mol. The highest BCUT2D eigenvalue weighted by Crippen LogP contribution is 2.38. The predicted octanol–water partition coefficient (Wildman–Crippen LogP) is 3.16. The zero-order valence-corrected chi connectivity index (χ0v) is 16.0. The Bertz CT molecular complexity index is 948. The number of carbonyl (C=O) groups excluding carboxylic acids is 1. The molecule has 3 N–H and O–H groups in total. The van der Waals surface area contributed by atoms with Crippen molar-refractivity contribution in [3.05, 3.63) is 35.5 Å². The van der Waals surface area contributed by atoms with Gasteiger partial charge in [0.05, 0.1) is 17.3 Å². The summed E-state index contributed by atoms with van der Waals surface area (Å²) in [5.74, 6) is 0.615. The Kier molecular flexibility index (Phi) is 4.81. The summed E-state index contributed by atoms with van der Waals surface area (Å²) in [6.45, 7) is 5.55. The molecule has 2 amide bonds. The van der Waals surface area contributed by atoms with Gasteiger partial charge in [-0.25, -0.2) is 14.8 Å². The molecule has 29 heavy (non-hydrogen) atoms. The van der Waals surface area contributed by atoms with E-state index in [9.17, 15) is 18.0 Å². The molecule has 4 heterocycles. The number of pyridine rings is 2. The largest absolute Gasteiger partial charge is 0.416 e. The number of alkyl halides is 3. The van der Waals surface area contributed by atoms with Crippen LogP contribution < -0.4 is 20.9 Å². The lowest BCUT2D eigenvalue weighted by Gasteiger charge is -2.33. The van der Waals surface area contributed by atoms with Gasteiger partial charge >= 0.3 is 12.2 Å². The Morgan fingerprint density at radius 1 is 1.24 bits per heavy atom. The van der Waals surface area contributed by atoms with E-state index in [1.54, 1.807) is 13.0 Å². The van der Waals surface area contributed by atoms with E-state index in [0.717, 1.165) is 12.1 Å². The molecule has 2 aliphatic rings. The quantitative estimate of drug-likeness (QED) is 0.714. The Balaban J connectivity index is 1.85. The second kappa shape index (κ2) is 7.18. The summed E-state index contributed by atoms with van der Waals surface area (Å²) in [4.78, 5) is 22.3. The van der Waals surface area contributed by atoms with Gasteiger partial charge in [0, 0.05) is 43.0 Å². The lowest BCUT2D eigenvalue weighted by Crippen LogP contribution is -2.49. The Morgan fingerprint density at radius 3 is 2.76 bits per heavy atom. The number of hydrogen-bond acceptors (Lipinski definition) is 5. The number of carbonyl (C=O) groups is 1. The monoisotopic (exact) mass is 406 g/mol. The summed E-state index contributed by atoms with van der Waals surface area (Å²) in [5, 5.41) is 8.59. The van der Waals surface area contributed by atoms with Crippen LogP contribution in [0.15, 0.2) is 24.4 Å². The minimum Gasteiger partial charge on any atom is -0.354 e. The molecule has 7 nitrogen and oxygen atoms in total. The zero-order valence-electron chi connectivity index (χ0n) is 16.0. The molecule has 2 aromatic heterocycles. The van der Waals surface area contributed by atoms with Crippen LogP contribution in [0.2, 0.25) is 0 Å². The summed E-state index contributed by atoms with van der Waals surface area (Å²) < 4.78 is 40.9. The average molecular weight is 406 g/mol. The van der Waals surface area contributed by atoms with Gasteiger partial charge in [0.15, 0.2) is 0 Å². The Morgan fingerprint density at radius 2 is 2.03 bits per heavy atom. The van der Waals surface area contributed by atoms with Gasteiger partial charge < -0.3 is 15.5 Å². The summed E-state index contributed by atoms with van der Waals surface area (Å²) >= 11 is 0. The normalized spacial score (nSPS) is 22.0. The first-order valence-corrected chi connectivity index (χ1v) is 9.37. The van der Waals surface area contributed by atoms with Crippen molar-refractivity contribution in [2.45, 2.75) is 32.1 Å². The van der Waals surface area contributed by atoms with Gasteiger partial charge in [-0.2, -0.15) is 13.2 Å². The van der Waals surface area contributed by atoms with Crippen molar-refractivity contribution in [3.63, 3.8) is 0 Å². The van der Waals surface area contributed by atoms with Crippen molar-refractivity contribution in [1.82, 2.24) is 20.6 Å². The smallest absolute Gasteiger partial charge is 0.354 e. The van der Waals surface area contributed by atoms with Crippen LogP contribution in [0.25, 0.3) is 11.3 Å². The van der Waals surface area contributed by atoms with Gasteiger partial charge in [-0.05, 0) is 32.0 Å². The standard InChI is InChI=1S/C19H21F3N6O/c1-10-9-28(6-5-23-10)15-8-12(19(20,21)22)7-14(26-15)13-3-4-24-17-16(13)11(2)25-18(29)27-17/h3-4,7-8,10-11,23H,5-6,9H2,1-2H3,(H2,24,25,27,29).